The molecule has 0 aliphatic carbocycles. The maximum Gasteiger partial charge on any atom is 0.303 e. The average molecular weight is 298 g/mol. The predicted molar refractivity (Wildman–Crippen MR) is 78.8 cm³/mol. The Hall–Kier alpha value is -1.59. The van der Waals surface area contributed by atoms with E-state index in [9.17, 15) is 14.4 Å². The summed E-state index contributed by atoms with van der Waals surface area (Å²) in [6.45, 7) is 3.03. The molecule has 1 fully saturated rings. The molecule has 1 saturated heterocycles. The van der Waals surface area contributed by atoms with E-state index < -0.39 is 5.97 Å². The van der Waals surface area contributed by atoms with Crippen LogP contribution in [0.5, 0.6) is 0 Å². The van der Waals surface area contributed by atoms with E-state index in [1.54, 1.807) is 4.90 Å². The second-order valence-corrected chi connectivity index (χ2v) is 5.45. The molecule has 2 N–H and O–H groups in total. The minimum Gasteiger partial charge on any atom is -0.481 e. The first-order valence-corrected chi connectivity index (χ1v) is 7.85. The van der Waals surface area contributed by atoms with Crippen molar-refractivity contribution in [1.82, 2.24) is 10.2 Å². The Morgan fingerprint density at radius 1 is 1.19 bits per heavy atom. The highest BCUT2D eigenvalue weighted by Crippen LogP contribution is 2.18. The fourth-order valence-electron chi connectivity index (χ4n) is 2.61. The molecule has 1 heterocycles. The summed E-state index contributed by atoms with van der Waals surface area (Å²) >= 11 is 0. The first-order chi connectivity index (χ1) is 10.1. The van der Waals surface area contributed by atoms with Crippen molar-refractivity contribution in [2.24, 2.45) is 0 Å². The smallest absolute Gasteiger partial charge is 0.303 e. The summed E-state index contributed by atoms with van der Waals surface area (Å²) in [4.78, 5) is 36.1. The van der Waals surface area contributed by atoms with Gasteiger partial charge < -0.3 is 15.3 Å². The third kappa shape index (κ3) is 6.14. The molecule has 2 amide bonds. The minimum atomic E-state index is -0.782. The number of hydrogen-bond donors (Lipinski definition) is 2. The molecular weight excluding hydrogens is 272 g/mol. The van der Waals surface area contributed by atoms with Gasteiger partial charge in [0.1, 0.15) is 6.04 Å². The molecule has 120 valence electrons. The van der Waals surface area contributed by atoms with Gasteiger partial charge >= 0.3 is 5.97 Å². The molecular formula is C15H26N2O4. The Morgan fingerprint density at radius 2 is 1.95 bits per heavy atom. The van der Waals surface area contributed by atoms with Gasteiger partial charge in [-0.1, -0.05) is 13.3 Å². The number of amides is 2. The molecule has 1 unspecified atom stereocenters. The van der Waals surface area contributed by atoms with E-state index in [1.807, 2.05) is 6.92 Å². The number of carboxylic acids is 1. The second kappa shape index (κ2) is 9.37. The first-order valence-electron chi connectivity index (χ1n) is 7.85. The van der Waals surface area contributed by atoms with Crippen LogP contribution in [0.3, 0.4) is 0 Å². The molecule has 6 heteroatoms. The van der Waals surface area contributed by atoms with Crippen LogP contribution in [0.25, 0.3) is 0 Å². The minimum absolute atomic E-state index is 0.0382. The lowest BCUT2D eigenvalue weighted by Crippen LogP contribution is -2.51. The number of rotatable bonds is 8. The maximum absolute atomic E-state index is 12.2. The van der Waals surface area contributed by atoms with Crippen LogP contribution in [0.15, 0.2) is 0 Å². The highest BCUT2D eigenvalue weighted by Gasteiger charge is 2.30. The standard InChI is InChI=1S/C15H26N2O4/c1-2-13(18)17-11-7-5-8-12(17)15(21)16-10-6-3-4-9-14(19)20/h12H,2-11H2,1H3,(H,16,21)(H,19,20). The Morgan fingerprint density at radius 3 is 2.62 bits per heavy atom. The van der Waals surface area contributed by atoms with Crippen molar-refractivity contribution in [2.75, 3.05) is 13.1 Å². The van der Waals surface area contributed by atoms with Crippen LogP contribution in [-0.4, -0.2) is 46.9 Å². The van der Waals surface area contributed by atoms with Gasteiger partial charge in [0, 0.05) is 25.9 Å². The molecule has 0 aromatic rings. The topological polar surface area (TPSA) is 86.7 Å². The van der Waals surface area contributed by atoms with Crippen molar-refractivity contribution in [1.29, 1.82) is 0 Å². The van der Waals surface area contributed by atoms with Gasteiger partial charge in [0.25, 0.3) is 0 Å². The number of unbranched alkanes of at least 4 members (excludes halogenated alkanes) is 2. The summed E-state index contributed by atoms with van der Waals surface area (Å²) in [5.41, 5.74) is 0. The van der Waals surface area contributed by atoms with Crippen molar-refractivity contribution in [3.8, 4) is 0 Å². The highest BCUT2D eigenvalue weighted by molar-refractivity contribution is 5.87. The van der Waals surface area contributed by atoms with Crippen molar-refractivity contribution in [2.45, 2.75) is 64.3 Å². The average Bonchev–Trinajstić information content (AvgIpc) is 2.49. The van der Waals surface area contributed by atoms with Crippen molar-refractivity contribution in [3.05, 3.63) is 0 Å². The van der Waals surface area contributed by atoms with Gasteiger partial charge in [0.2, 0.25) is 11.8 Å². The molecule has 1 aliphatic rings. The van der Waals surface area contributed by atoms with Gasteiger partial charge in [-0.25, -0.2) is 0 Å². The van der Waals surface area contributed by atoms with Crippen LogP contribution in [0.1, 0.15) is 58.3 Å². The monoisotopic (exact) mass is 298 g/mol. The van der Waals surface area contributed by atoms with Crippen LogP contribution in [0, 0.1) is 0 Å². The molecule has 0 spiro atoms. The fraction of sp³-hybridized carbons (Fsp3) is 0.800. The van der Waals surface area contributed by atoms with E-state index in [1.165, 1.54) is 0 Å². The summed E-state index contributed by atoms with van der Waals surface area (Å²) < 4.78 is 0. The van der Waals surface area contributed by atoms with E-state index in [0.29, 0.717) is 25.9 Å². The highest BCUT2D eigenvalue weighted by atomic mass is 16.4. The number of likely N-dealkylation sites (tertiary alicyclic amines) is 1. The number of carbonyl (C=O) groups excluding carboxylic acids is 2. The molecule has 0 radical (unpaired) electrons. The van der Waals surface area contributed by atoms with Gasteiger partial charge in [-0.15, -0.1) is 0 Å². The number of carbonyl (C=O) groups is 3. The van der Waals surface area contributed by atoms with Gasteiger partial charge in [0.15, 0.2) is 0 Å². The van der Waals surface area contributed by atoms with Crippen molar-refractivity contribution in [3.63, 3.8) is 0 Å². The predicted octanol–water partition coefficient (Wildman–Crippen LogP) is 1.54. The SMILES string of the molecule is CCC(=O)N1CCCCC1C(=O)NCCCCCC(=O)O. The van der Waals surface area contributed by atoms with Crippen LogP contribution >= 0.6 is 0 Å². The molecule has 0 aromatic carbocycles. The molecule has 0 bridgehead atoms. The summed E-state index contributed by atoms with van der Waals surface area (Å²) in [6, 6.07) is -0.329. The van der Waals surface area contributed by atoms with Crippen LogP contribution in [0.2, 0.25) is 0 Å². The van der Waals surface area contributed by atoms with Gasteiger partial charge in [-0.3, -0.25) is 14.4 Å². The van der Waals surface area contributed by atoms with Crippen molar-refractivity contribution < 1.29 is 19.5 Å². The number of aliphatic carboxylic acids is 1. The third-order valence-corrected chi connectivity index (χ3v) is 3.79. The van der Waals surface area contributed by atoms with E-state index >= 15 is 0 Å². The molecule has 1 rings (SSSR count). The lowest BCUT2D eigenvalue weighted by atomic mass is 10.0. The largest absolute Gasteiger partial charge is 0.481 e. The van der Waals surface area contributed by atoms with Gasteiger partial charge in [0.05, 0.1) is 0 Å². The van der Waals surface area contributed by atoms with E-state index in [0.717, 1.165) is 32.1 Å². The van der Waals surface area contributed by atoms with Gasteiger partial charge in [-0.2, -0.15) is 0 Å². The summed E-state index contributed by atoms with van der Waals surface area (Å²) in [5.74, 6) is -0.819. The lowest BCUT2D eigenvalue weighted by Gasteiger charge is -2.34. The number of piperidine rings is 1. The van der Waals surface area contributed by atoms with Crippen molar-refractivity contribution >= 4 is 17.8 Å². The quantitative estimate of drug-likeness (QED) is 0.665. The fourth-order valence-corrected chi connectivity index (χ4v) is 2.61. The Kier molecular flexibility index (Phi) is 7.79. The molecule has 6 nitrogen and oxygen atoms in total. The Labute approximate surface area is 125 Å². The zero-order chi connectivity index (χ0) is 15.7. The lowest BCUT2D eigenvalue weighted by molar-refractivity contribution is -0.142. The number of carboxylic acid groups (broad SMARTS) is 1. The maximum atomic E-state index is 12.2. The molecule has 1 atom stereocenters. The van der Waals surface area contributed by atoms with Gasteiger partial charge in [-0.05, 0) is 32.1 Å². The molecule has 0 aromatic heterocycles. The van der Waals surface area contributed by atoms with Crippen LogP contribution in [0.4, 0.5) is 0 Å². The zero-order valence-electron chi connectivity index (χ0n) is 12.8. The normalized spacial score (nSPS) is 18.3. The Bertz CT molecular complexity index is 371. The second-order valence-electron chi connectivity index (χ2n) is 5.45. The summed E-state index contributed by atoms with van der Waals surface area (Å²) in [5, 5.41) is 11.4. The molecule has 0 saturated carbocycles. The van der Waals surface area contributed by atoms with E-state index in [-0.39, 0.29) is 24.3 Å². The molecule has 21 heavy (non-hydrogen) atoms. The number of nitrogens with one attached hydrogen (secondary N) is 1. The summed E-state index contributed by atoms with van der Waals surface area (Å²) in [6.07, 6.45) is 5.47. The van der Waals surface area contributed by atoms with E-state index in [2.05, 4.69) is 5.32 Å². The molecule has 1 aliphatic heterocycles. The number of nitrogens with zero attached hydrogens (tertiary/aromatic N) is 1. The number of hydrogen-bond acceptors (Lipinski definition) is 3. The zero-order valence-corrected chi connectivity index (χ0v) is 12.8. The van der Waals surface area contributed by atoms with E-state index in [4.69, 9.17) is 5.11 Å². The third-order valence-electron chi connectivity index (χ3n) is 3.79. The van der Waals surface area contributed by atoms with Crippen LogP contribution in [-0.2, 0) is 14.4 Å². The van der Waals surface area contributed by atoms with Crippen LogP contribution < -0.4 is 5.32 Å². The first kappa shape index (κ1) is 17.5. The Balaban J connectivity index is 2.29. The summed E-state index contributed by atoms with van der Waals surface area (Å²) in [7, 11) is 0.